The number of hydrogen-bond donors (Lipinski definition) is 2. The standard InChI is InChI=1S/C14H15ClO5S/c1-8-6-14(12(16)17,13(18)19)7-11(8)21(20)10-5-3-2-4-9(10)15/h2-5,8,11H,6-7H2,1H3,(H,16,17)(H,18,19)/t8-,11+,21?/m0/s1. The van der Waals surface area contributed by atoms with E-state index in [0.717, 1.165) is 0 Å². The molecule has 21 heavy (non-hydrogen) atoms. The van der Waals surface area contributed by atoms with Crippen LogP contribution in [0.4, 0.5) is 0 Å². The van der Waals surface area contributed by atoms with Crippen LogP contribution in [0.2, 0.25) is 5.02 Å². The van der Waals surface area contributed by atoms with Crippen LogP contribution in [0.15, 0.2) is 29.2 Å². The molecule has 1 saturated carbocycles. The van der Waals surface area contributed by atoms with Crippen molar-refractivity contribution in [3.63, 3.8) is 0 Å². The third kappa shape index (κ3) is 2.70. The Kier molecular flexibility index (Phi) is 4.39. The number of hydrogen-bond acceptors (Lipinski definition) is 3. The first-order valence-electron chi connectivity index (χ1n) is 6.41. The number of rotatable bonds is 4. The lowest BCUT2D eigenvalue weighted by molar-refractivity contribution is -0.164. The van der Waals surface area contributed by atoms with Gasteiger partial charge in [-0.25, -0.2) is 0 Å². The fraction of sp³-hybridized carbons (Fsp3) is 0.429. The van der Waals surface area contributed by atoms with Crippen molar-refractivity contribution in [2.45, 2.75) is 29.9 Å². The van der Waals surface area contributed by atoms with E-state index in [1.165, 1.54) is 0 Å². The molecule has 1 fully saturated rings. The Balaban J connectivity index is 2.34. The molecule has 0 aromatic heterocycles. The van der Waals surface area contributed by atoms with Gasteiger partial charge in [0.1, 0.15) is 0 Å². The second-order valence-electron chi connectivity index (χ2n) is 5.34. The molecule has 0 heterocycles. The van der Waals surface area contributed by atoms with Gasteiger partial charge in [-0.2, -0.15) is 0 Å². The fourth-order valence-corrected chi connectivity index (χ4v) is 4.92. The molecule has 1 unspecified atom stereocenters. The molecule has 1 aromatic carbocycles. The van der Waals surface area contributed by atoms with E-state index < -0.39 is 33.4 Å². The molecule has 1 aromatic rings. The average Bonchev–Trinajstić information content (AvgIpc) is 2.78. The second kappa shape index (κ2) is 5.77. The van der Waals surface area contributed by atoms with Crippen molar-refractivity contribution in [3.05, 3.63) is 29.3 Å². The zero-order valence-electron chi connectivity index (χ0n) is 11.3. The Morgan fingerprint density at radius 1 is 1.24 bits per heavy atom. The molecule has 3 atom stereocenters. The molecule has 0 bridgehead atoms. The summed E-state index contributed by atoms with van der Waals surface area (Å²) in [5, 5.41) is 18.3. The van der Waals surface area contributed by atoms with Gasteiger partial charge in [-0.15, -0.1) is 0 Å². The van der Waals surface area contributed by atoms with Gasteiger partial charge < -0.3 is 10.2 Å². The maximum atomic E-state index is 12.7. The summed E-state index contributed by atoms with van der Waals surface area (Å²) in [4.78, 5) is 23.2. The first-order valence-corrected chi connectivity index (χ1v) is 8.00. The van der Waals surface area contributed by atoms with E-state index >= 15 is 0 Å². The Labute approximate surface area is 129 Å². The minimum absolute atomic E-state index is 0.0292. The van der Waals surface area contributed by atoms with Gasteiger partial charge in [0.25, 0.3) is 0 Å². The SMILES string of the molecule is C[C@H]1CC(C(=O)O)(C(=O)O)C[C@H]1S(=O)c1ccccc1Cl. The van der Waals surface area contributed by atoms with Crippen LogP contribution in [0.1, 0.15) is 19.8 Å². The summed E-state index contributed by atoms with van der Waals surface area (Å²) in [6.45, 7) is 1.73. The highest BCUT2D eigenvalue weighted by Crippen LogP contribution is 2.46. The van der Waals surface area contributed by atoms with Crippen molar-refractivity contribution in [3.8, 4) is 0 Å². The summed E-state index contributed by atoms with van der Waals surface area (Å²) >= 11 is 6.02. The number of carboxylic acids is 2. The summed E-state index contributed by atoms with van der Waals surface area (Å²) in [6, 6.07) is 6.63. The minimum Gasteiger partial charge on any atom is -0.480 e. The van der Waals surface area contributed by atoms with Crippen molar-refractivity contribution in [2.24, 2.45) is 11.3 Å². The number of benzene rings is 1. The molecule has 0 spiro atoms. The van der Waals surface area contributed by atoms with E-state index in [0.29, 0.717) is 9.92 Å². The van der Waals surface area contributed by atoms with E-state index in [1.54, 1.807) is 31.2 Å². The Morgan fingerprint density at radius 2 is 1.81 bits per heavy atom. The van der Waals surface area contributed by atoms with Gasteiger partial charge in [-0.3, -0.25) is 13.8 Å². The number of halogens is 1. The summed E-state index contributed by atoms with van der Waals surface area (Å²) in [6.07, 6.45) is -0.185. The number of aliphatic carboxylic acids is 2. The molecule has 5 nitrogen and oxygen atoms in total. The quantitative estimate of drug-likeness (QED) is 0.827. The zero-order valence-corrected chi connectivity index (χ0v) is 12.9. The summed E-state index contributed by atoms with van der Waals surface area (Å²) in [5.74, 6) is -3.03. The Bertz CT molecular complexity index is 601. The van der Waals surface area contributed by atoms with Crippen molar-refractivity contribution in [1.29, 1.82) is 0 Å². The molecule has 0 amide bonds. The molecule has 0 aliphatic heterocycles. The van der Waals surface area contributed by atoms with E-state index in [9.17, 15) is 24.0 Å². The smallest absolute Gasteiger partial charge is 0.321 e. The number of carboxylic acid groups (broad SMARTS) is 2. The fourth-order valence-electron chi connectivity index (χ4n) is 2.81. The van der Waals surface area contributed by atoms with Crippen LogP contribution in [-0.4, -0.2) is 31.6 Å². The predicted octanol–water partition coefficient (Wildman–Crippen LogP) is 2.40. The first-order chi connectivity index (χ1) is 9.79. The molecule has 2 N–H and O–H groups in total. The van der Waals surface area contributed by atoms with Crippen LogP contribution in [0.25, 0.3) is 0 Å². The van der Waals surface area contributed by atoms with Gasteiger partial charge in [0.2, 0.25) is 0 Å². The van der Waals surface area contributed by atoms with Crippen molar-refractivity contribution >= 4 is 34.3 Å². The van der Waals surface area contributed by atoms with Crippen LogP contribution in [0.3, 0.4) is 0 Å². The van der Waals surface area contributed by atoms with E-state index in [4.69, 9.17) is 11.6 Å². The molecule has 2 rings (SSSR count). The lowest BCUT2D eigenvalue weighted by atomic mass is 9.86. The first kappa shape index (κ1) is 16.0. The van der Waals surface area contributed by atoms with Gasteiger partial charge in [-0.05, 0) is 30.9 Å². The summed E-state index contributed by atoms with van der Waals surface area (Å²) in [5.41, 5.74) is -1.86. The van der Waals surface area contributed by atoms with Crippen molar-refractivity contribution in [1.82, 2.24) is 0 Å². The van der Waals surface area contributed by atoms with E-state index in [-0.39, 0.29) is 18.8 Å². The highest BCUT2D eigenvalue weighted by Gasteiger charge is 2.56. The van der Waals surface area contributed by atoms with Gasteiger partial charge in [-0.1, -0.05) is 30.7 Å². The molecule has 0 radical (unpaired) electrons. The van der Waals surface area contributed by atoms with Gasteiger partial charge in [0.05, 0.1) is 20.7 Å². The van der Waals surface area contributed by atoms with Crippen molar-refractivity contribution in [2.75, 3.05) is 0 Å². The van der Waals surface area contributed by atoms with Crippen molar-refractivity contribution < 1.29 is 24.0 Å². The maximum Gasteiger partial charge on any atom is 0.321 e. The average molecular weight is 331 g/mol. The predicted molar refractivity (Wildman–Crippen MR) is 77.8 cm³/mol. The third-order valence-electron chi connectivity index (χ3n) is 4.00. The second-order valence-corrected chi connectivity index (χ2v) is 7.39. The molecular weight excluding hydrogens is 316 g/mol. The monoisotopic (exact) mass is 330 g/mol. The summed E-state index contributed by atoms with van der Waals surface area (Å²) in [7, 11) is -1.54. The highest BCUT2D eigenvalue weighted by molar-refractivity contribution is 7.85. The van der Waals surface area contributed by atoms with Gasteiger partial charge in [0.15, 0.2) is 5.41 Å². The molecule has 0 saturated heterocycles. The molecule has 1 aliphatic carbocycles. The normalized spacial score (nSPS) is 25.4. The Morgan fingerprint density at radius 3 is 2.29 bits per heavy atom. The van der Waals surface area contributed by atoms with Crippen LogP contribution in [-0.2, 0) is 20.4 Å². The van der Waals surface area contributed by atoms with Crippen LogP contribution in [0, 0.1) is 11.3 Å². The third-order valence-corrected chi connectivity index (χ3v) is 6.41. The van der Waals surface area contributed by atoms with Gasteiger partial charge in [0, 0.05) is 5.25 Å². The van der Waals surface area contributed by atoms with Gasteiger partial charge >= 0.3 is 11.9 Å². The van der Waals surface area contributed by atoms with E-state index in [2.05, 4.69) is 0 Å². The Hall–Kier alpha value is -1.40. The molecule has 114 valence electrons. The van der Waals surface area contributed by atoms with Crippen LogP contribution >= 0.6 is 11.6 Å². The zero-order chi connectivity index (χ0) is 15.8. The lowest BCUT2D eigenvalue weighted by Crippen LogP contribution is -2.37. The minimum atomic E-state index is -1.86. The lowest BCUT2D eigenvalue weighted by Gasteiger charge is -2.18. The molecular formula is C14H15ClO5S. The topological polar surface area (TPSA) is 91.7 Å². The maximum absolute atomic E-state index is 12.7. The number of carbonyl (C=O) groups is 2. The molecule has 7 heteroatoms. The molecule has 1 aliphatic rings. The van der Waals surface area contributed by atoms with Crippen LogP contribution < -0.4 is 0 Å². The largest absolute Gasteiger partial charge is 0.480 e. The highest BCUT2D eigenvalue weighted by atomic mass is 35.5. The van der Waals surface area contributed by atoms with E-state index in [1.807, 2.05) is 0 Å². The van der Waals surface area contributed by atoms with Crippen LogP contribution in [0.5, 0.6) is 0 Å². The summed E-state index contributed by atoms with van der Waals surface area (Å²) < 4.78 is 12.7.